The van der Waals surface area contributed by atoms with Crippen molar-refractivity contribution >= 4 is 33.6 Å². The van der Waals surface area contributed by atoms with E-state index in [4.69, 9.17) is 0 Å². The molecule has 4 rings (SSSR count). The molecule has 186 valence electrons. The molecule has 1 aliphatic heterocycles. The fourth-order valence-electron chi connectivity index (χ4n) is 4.91. The average molecular weight is 499 g/mol. The largest absolute Gasteiger partial charge is 0.325 e. The van der Waals surface area contributed by atoms with Crippen LogP contribution in [0.4, 0.5) is 10.5 Å². The number of anilines is 1. The van der Waals surface area contributed by atoms with E-state index in [2.05, 4.69) is 10.6 Å². The number of nitrogens with zero attached hydrogens (tertiary/aromatic N) is 2. The maximum Gasteiger partial charge on any atom is 0.325 e. The van der Waals surface area contributed by atoms with Gasteiger partial charge in [-0.05, 0) is 55.0 Å². The molecule has 0 bridgehead atoms. The standard InChI is InChI=1S/C25H30N4O5S/c1-3-28(4-2)35(33,34)20-13-9-12-19(16-20)26-22(30)17-29-23(31)25(27-24(29)32)15-8-7-11-18-10-5-6-14-21(18)25/h5-6,9-10,12-14,16H,3-4,7-8,11,15,17H2,1-2H3,(H,26,30)(H,27,32)/t25-/m1/s1. The minimum absolute atomic E-state index is 0.0583. The van der Waals surface area contributed by atoms with Crippen LogP contribution in [0.3, 0.4) is 0 Å². The fraction of sp³-hybridized carbons (Fsp3) is 0.400. The van der Waals surface area contributed by atoms with Gasteiger partial charge in [-0.1, -0.05) is 44.2 Å². The number of nitrogens with one attached hydrogen (secondary N) is 2. The van der Waals surface area contributed by atoms with Gasteiger partial charge in [0.2, 0.25) is 15.9 Å². The molecule has 0 aromatic heterocycles. The molecule has 2 aromatic rings. The number of aryl methyl sites for hydroxylation is 1. The van der Waals surface area contributed by atoms with Crippen LogP contribution in [0, 0.1) is 0 Å². The normalized spacial score (nSPS) is 20.0. The van der Waals surface area contributed by atoms with Crippen LogP contribution in [0.2, 0.25) is 0 Å². The molecule has 0 radical (unpaired) electrons. The molecule has 1 heterocycles. The van der Waals surface area contributed by atoms with Crippen molar-refractivity contribution in [2.24, 2.45) is 0 Å². The lowest BCUT2D eigenvalue weighted by Crippen LogP contribution is -2.44. The second kappa shape index (κ2) is 9.79. The van der Waals surface area contributed by atoms with Crippen molar-refractivity contribution in [1.29, 1.82) is 0 Å². The summed E-state index contributed by atoms with van der Waals surface area (Å²) in [6, 6.07) is 12.9. The number of carbonyl (C=O) groups is 3. The van der Waals surface area contributed by atoms with Gasteiger partial charge in [-0.15, -0.1) is 0 Å². The van der Waals surface area contributed by atoms with Gasteiger partial charge in [0.05, 0.1) is 4.90 Å². The predicted octanol–water partition coefficient (Wildman–Crippen LogP) is 2.83. The van der Waals surface area contributed by atoms with Crippen molar-refractivity contribution in [2.45, 2.75) is 50.0 Å². The van der Waals surface area contributed by atoms with Crippen LogP contribution in [-0.4, -0.2) is 55.1 Å². The van der Waals surface area contributed by atoms with Crippen LogP contribution < -0.4 is 10.6 Å². The number of urea groups is 1. The summed E-state index contributed by atoms with van der Waals surface area (Å²) in [5.74, 6) is -1.03. The minimum Gasteiger partial charge on any atom is -0.324 e. The lowest BCUT2D eigenvalue weighted by molar-refractivity contribution is -0.134. The van der Waals surface area contributed by atoms with E-state index in [1.54, 1.807) is 19.9 Å². The number of imide groups is 1. The summed E-state index contributed by atoms with van der Waals surface area (Å²) in [5, 5.41) is 5.49. The summed E-state index contributed by atoms with van der Waals surface area (Å²) in [6.45, 7) is 3.69. The molecule has 2 N–H and O–H groups in total. The number of benzene rings is 2. The number of hydrogen-bond donors (Lipinski definition) is 2. The first-order chi connectivity index (χ1) is 16.7. The fourth-order valence-corrected chi connectivity index (χ4v) is 6.41. The number of sulfonamides is 1. The van der Waals surface area contributed by atoms with E-state index in [-0.39, 0.29) is 10.6 Å². The summed E-state index contributed by atoms with van der Waals surface area (Å²) in [6.07, 6.45) is 2.98. The molecule has 2 aliphatic rings. The van der Waals surface area contributed by atoms with E-state index >= 15 is 0 Å². The van der Waals surface area contributed by atoms with Gasteiger partial charge in [0.15, 0.2) is 0 Å². The molecule has 35 heavy (non-hydrogen) atoms. The molecule has 9 nitrogen and oxygen atoms in total. The second-order valence-corrected chi connectivity index (χ2v) is 10.7. The Hall–Kier alpha value is -3.24. The topological polar surface area (TPSA) is 116 Å². The van der Waals surface area contributed by atoms with Crippen molar-refractivity contribution in [3.05, 3.63) is 59.7 Å². The van der Waals surface area contributed by atoms with E-state index in [0.29, 0.717) is 19.5 Å². The van der Waals surface area contributed by atoms with Crippen molar-refractivity contribution in [3.8, 4) is 0 Å². The van der Waals surface area contributed by atoms with Crippen molar-refractivity contribution in [2.75, 3.05) is 25.0 Å². The van der Waals surface area contributed by atoms with Gasteiger partial charge in [0, 0.05) is 18.8 Å². The predicted molar refractivity (Wildman–Crippen MR) is 131 cm³/mol. The number of carbonyl (C=O) groups excluding carboxylic acids is 3. The molecule has 1 fully saturated rings. The Kier molecular flexibility index (Phi) is 6.95. The van der Waals surface area contributed by atoms with E-state index in [9.17, 15) is 22.8 Å². The molecule has 1 atom stereocenters. The quantitative estimate of drug-likeness (QED) is 0.570. The Bertz CT molecular complexity index is 1260. The molecular weight excluding hydrogens is 468 g/mol. The molecule has 2 aromatic carbocycles. The van der Waals surface area contributed by atoms with Gasteiger partial charge in [0.25, 0.3) is 5.91 Å². The van der Waals surface area contributed by atoms with Gasteiger partial charge in [-0.3, -0.25) is 14.5 Å². The molecular formula is C25H30N4O5S. The summed E-state index contributed by atoms with van der Waals surface area (Å²) in [5.41, 5.74) is 0.913. The van der Waals surface area contributed by atoms with Crippen LogP contribution in [0.15, 0.2) is 53.4 Å². The first kappa shape index (κ1) is 24.9. The summed E-state index contributed by atoms with van der Waals surface area (Å²) >= 11 is 0. The summed E-state index contributed by atoms with van der Waals surface area (Å²) in [7, 11) is -3.70. The van der Waals surface area contributed by atoms with E-state index in [1.165, 1.54) is 22.5 Å². The van der Waals surface area contributed by atoms with E-state index in [0.717, 1.165) is 35.3 Å². The number of amides is 4. The highest BCUT2D eigenvalue weighted by Crippen LogP contribution is 2.38. The first-order valence-electron chi connectivity index (χ1n) is 11.9. The highest BCUT2D eigenvalue weighted by Gasteiger charge is 2.53. The molecule has 0 unspecified atom stereocenters. The van der Waals surface area contributed by atoms with E-state index in [1.807, 2.05) is 24.3 Å². The highest BCUT2D eigenvalue weighted by atomic mass is 32.2. The zero-order valence-electron chi connectivity index (χ0n) is 19.9. The van der Waals surface area contributed by atoms with Crippen molar-refractivity contribution in [1.82, 2.24) is 14.5 Å². The van der Waals surface area contributed by atoms with Crippen molar-refractivity contribution < 1.29 is 22.8 Å². The number of hydrogen-bond acceptors (Lipinski definition) is 5. The third kappa shape index (κ3) is 4.55. The Labute approximate surface area is 205 Å². The summed E-state index contributed by atoms with van der Waals surface area (Å²) in [4.78, 5) is 40.1. The number of fused-ring (bicyclic) bond motifs is 2. The van der Waals surface area contributed by atoms with Crippen LogP contribution in [0.25, 0.3) is 0 Å². The molecule has 1 aliphatic carbocycles. The van der Waals surface area contributed by atoms with Gasteiger partial charge in [-0.2, -0.15) is 4.31 Å². The summed E-state index contributed by atoms with van der Waals surface area (Å²) < 4.78 is 26.9. The van der Waals surface area contributed by atoms with Crippen LogP contribution in [0.5, 0.6) is 0 Å². The zero-order valence-corrected chi connectivity index (χ0v) is 20.7. The number of rotatable bonds is 7. The molecule has 0 saturated carbocycles. The maximum atomic E-state index is 13.5. The SMILES string of the molecule is CCN(CC)S(=O)(=O)c1cccc(NC(=O)CN2C(=O)N[C@@]3(CCCCc4ccccc43)C2=O)c1. The van der Waals surface area contributed by atoms with Crippen LogP contribution in [-0.2, 0) is 31.6 Å². The van der Waals surface area contributed by atoms with Crippen LogP contribution >= 0.6 is 0 Å². The van der Waals surface area contributed by atoms with Crippen molar-refractivity contribution in [3.63, 3.8) is 0 Å². The monoisotopic (exact) mass is 498 g/mol. The second-order valence-electron chi connectivity index (χ2n) is 8.76. The third-order valence-electron chi connectivity index (χ3n) is 6.66. The van der Waals surface area contributed by atoms with Gasteiger partial charge in [0.1, 0.15) is 12.1 Å². The Morgan fingerprint density at radius 2 is 1.83 bits per heavy atom. The minimum atomic E-state index is -3.70. The lowest BCUT2D eigenvalue weighted by Gasteiger charge is -2.27. The smallest absolute Gasteiger partial charge is 0.324 e. The molecule has 4 amide bonds. The first-order valence-corrected chi connectivity index (χ1v) is 13.3. The van der Waals surface area contributed by atoms with Gasteiger partial charge >= 0.3 is 6.03 Å². The lowest BCUT2D eigenvalue weighted by atomic mass is 9.84. The Balaban J connectivity index is 1.52. The Morgan fingerprint density at radius 1 is 1.09 bits per heavy atom. The molecule has 10 heteroatoms. The maximum absolute atomic E-state index is 13.5. The average Bonchev–Trinajstić information content (AvgIpc) is 2.97. The molecule has 1 saturated heterocycles. The third-order valence-corrected chi connectivity index (χ3v) is 8.71. The van der Waals surface area contributed by atoms with Gasteiger partial charge < -0.3 is 10.6 Å². The molecule has 1 spiro atoms. The zero-order chi connectivity index (χ0) is 25.2. The van der Waals surface area contributed by atoms with Crippen LogP contribution in [0.1, 0.15) is 44.2 Å². The highest BCUT2D eigenvalue weighted by molar-refractivity contribution is 7.89. The van der Waals surface area contributed by atoms with E-state index < -0.39 is 40.0 Å². The van der Waals surface area contributed by atoms with Gasteiger partial charge in [-0.25, -0.2) is 13.2 Å². The Morgan fingerprint density at radius 3 is 2.57 bits per heavy atom.